The number of nitrogens with one attached hydrogen (secondary N) is 1. The number of carbonyl (C=O) groups is 2. The van der Waals surface area contributed by atoms with E-state index in [-0.39, 0.29) is 27.8 Å². The van der Waals surface area contributed by atoms with Crippen LogP contribution in [0.25, 0.3) is 0 Å². The Bertz CT molecular complexity index is 1440. The first-order chi connectivity index (χ1) is 18.9. The van der Waals surface area contributed by atoms with Gasteiger partial charge in [0.25, 0.3) is 5.91 Å². The van der Waals surface area contributed by atoms with Crippen LogP contribution >= 0.6 is 11.8 Å². The highest BCUT2D eigenvalue weighted by Gasteiger charge is 2.32. The molecule has 0 bridgehead atoms. The molecule has 39 heavy (non-hydrogen) atoms. The van der Waals surface area contributed by atoms with E-state index < -0.39 is 10.0 Å². The van der Waals surface area contributed by atoms with Gasteiger partial charge >= 0.3 is 0 Å². The van der Waals surface area contributed by atoms with Crippen LogP contribution in [0.1, 0.15) is 39.7 Å². The SMILES string of the molecule is COc1ccc(S(=O)(=O)N2CCCC2)cc1NC(=O)c1ccc([C@H]2SCC(=O)N2CCc2ccccc2)cc1. The third kappa shape index (κ3) is 5.98. The van der Waals surface area contributed by atoms with Crippen LogP contribution in [0.4, 0.5) is 5.69 Å². The number of benzene rings is 3. The fourth-order valence-corrected chi connectivity index (χ4v) is 7.65. The summed E-state index contributed by atoms with van der Waals surface area (Å²) in [5, 5.41) is 2.70. The zero-order valence-electron chi connectivity index (χ0n) is 21.7. The van der Waals surface area contributed by atoms with Gasteiger partial charge in [-0.1, -0.05) is 42.5 Å². The third-order valence-corrected chi connectivity index (χ3v) is 10.2. The molecule has 1 N–H and O–H groups in total. The minimum absolute atomic E-state index is 0.106. The lowest BCUT2D eigenvalue weighted by molar-refractivity contribution is -0.128. The molecule has 204 valence electrons. The van der Waals surface area contributed by atoms with Crippen molar-refractivity contribution in [3.05, 3.63) is 89.5 Å². The Balaban J connectivity index is 1.29. The van der Waals surface area contributed by atoms with Crippen LogP contribution in [0, 0.1) is 0 Å². The summed E-state index contributed by atoms with van der Waals surface area (Å²) < 4.78 is 32.9. The maximum atomic E-state index is 13.1. The molecule has 3 aromatic carbocycles. The molecule has 2 fully saturated rings. The number of anilines is 1. The molecule has 1 atom stereocenters. The Labute approximate surface area is 233 Å². The molecule has 2 amide bonds. The smallest absolute Gasteiger partial charge is 0.255 e. The maximum Gasteiger partial charge on any atom is 0.255 e. The molecule has 0 aromatic heterocycles. The van der Waals surface area contributed by atoms with Crippen molar-refractivity contribution in [1.82, 2.24) is 9.21 Å². The Hall–Kier alpha value is -3.34. The number of methoxy groups -OCH3 is 1. The molecule has 8 nitrogen and oxygen atoms in total. The van der Waals surface area contributed by atoms with Crippen molar-refractivity contribution in [2.45, 2.75) is 29.5 Å². The first kappa shape index (κ1) is 27.2. The zero-order chi connectivity index (χ0) is 27.4. The highest BCUT2D eigenvalue weighted by molar-refractivity contribution is 8.00. The Morgan fingerprint density at radius 1 is 1.03 bits per heavy atom. The number of sulfonamides is 1. The van der Waals surface area contributed by atoms with Crippen molar-refractivity contribution in [2.75, 3.05) is 37.8 Å². The summed E-state index contributed by atoms with van der Waals surface area (Å²) >= 11 is 1.58. The molecular formula is C29H31N3O5S2. The van der Waals surface area contributed by atoms with Gasteiger partial charge in [0, 0.05) is 25.2 Å². The number of hydrogen-bond acceptors (Lipinski definition) is 6. The van der Waals surface area contributed by atoms with Gasteiger partial charge in [-0.05, 0) is 60.7 Å². The van der Waals surface area contributed by atoms with E-state index in [1.165, 1.54) is 29.1 Å². The number of rotatable bonds is 9. The minimum Gasteiger partial charge on any atom is -0.495 e. The van der Waals surface area contributed by atoms with Crippen molar-refractivity contribution in [3.8, 4) is 5.75 Å². The monoisotopic (exact) mass is 565 g/mol. The molecule has 2 saturated heterocycles. The molecule has 0 unspecified atom stereocenters. The second-order valence-electron chi connectivity index (χ2n) is 9.54. The Kier molecular flexibility index (Phi) is 8.25. The number of carbonyl (C=O) groups excluding carboxylic acids is 2. The van der Waals surface area contributed by atoms with E-state index in [9.17, 15) is 18.0 Å². The molecule has 10 heteroatoms. The lowest BCUT2D eigenvalue weighted by Gasteiger charge is -2.24. The van der Waals surface area contributed by atoms with Crippen molar-refractivity contribution in [1.29, 1.82) is 0 Å². The van der Waals surface area contributed by atoms with Gasteiger partial charge in [0.15, 0.2) is 0 Å². The fourth-order valence-electron chi connectivity index (χ4n) is 4.88. The quantitative estimate of drug-likeness (QED) is 0.409. The standard InChI is InChI=1S/C29H31N3O5S2/c1-37-26-14-13-24(39(35,36)31-16-5-6-17-31)19-25(26)30-28(34)22-9-11-23(12-10-22)29-32(27(33)20-38-29)18-15-21-7-3-2-4-8-21/h2-4,7-14,19,29H,5-6,15-18,20H2,1H3,(H,30,34)/t29-/m1/s1. The summed E-state index contributed by atoms with van der Waals surface area (Å²) in [5.41, 5.74) is 2.84. The topological polar surface area (TPSA) is 96.0 Å². The van der Waals surface area contributed by atoms with Gasteiger partial charge in [-0.25, -0.2) is 8.42 Å². The number of nitrogens with zero attached hydrogens (tertiary/aromatic N) is 2. The van der Waals surface area contributed by atoms with E-state index >= 15 is 0 Å². The lowest BCUT2D eigenvalue weighted by Crippen LogP contribution is -2.30. The van der Waals surface area contributed by atoms with Gasteiger partial charge < -0.3 is 15.0 Å². The molecule has 2 aliphatic rings. The summed E-state index contributed by atoms with van der Waals surface area (Å²) in [5.74, 6) is 0.526. The average molecular weight is 566 g/mol. The summed E-state index contributed by atoms with van der Waals surface area (Å²) in [6, 6.07) is 21.8. The summed E-state index contributed by atoms with van der Waals surface area (Å²) in [6.07, 6.45) is 2.46. The summed E-state index contributed by atoms with van der Waals surface area (Å²) in [7, 11) is -2.17. The van der Waals surface area contributed by atoms with Crippen molar-refractivity contribution in [2.24, 2.45) is 0 Å². The highest BCUT2D eigenvalue weighted by atomic mass is 32.2. The molecule has 5 rings (SSSR count). The van der Waals surface area contributed by atoms with Crippen LogP contribution in [0.5, 0.6) is 5.75 Å². The lowest BCUT2D eigenvalue weighted by atomic mass is 10.1. The van der Waals surface area contributed by atoms with Crippen molar-refractivity contribution < 1.29 is 22.7 Å². The fraction of sp³-hybridized carbons (Fsp3) is 0.310. The normalized spacial score (nSPS) is 17.9. The van der Waals surface area contributed by atoms with E-state index in [2.05, 4.69) is 17.4 Å². The van der Waals surface area contributed by atoms with Crippen LogP contribution in [-0.4, -0.2) is 61.9 Å². The van der Waals surface area contributed by atoms with E-state index in [0.29, 0.717) is 36.7 Å². The second-order valence-corrected chi connectivity index (χ2v) is 12.5. The number of ether oxygens (including phenoxy) is 1. The Morgan fingerprint density at radius 3 is 2.44 bits per heavy atom. The number of hydrogen-bond donors (Lipinski definition) is 1. The molecule has 0 saturated carbocycles. The van der Waals surface area contributed by atoms with Gasteiger partial charge in [0.05, 0.1) is 23.4 Å². The minimum atomic E-state index is -3.64. The van der Waals surface area contributed by atoms with Crippen LogP contribution in [-0.2, 0) is 21.2 Å². The van der Waals surface area contributed by atoms with Crippen molar-refractivity contribution in [3.63, 3.8) is 0 Å². The first-order valence-corrected chi connectivity index (χ1v) is 15.4. The average Bonchev–Trinajstić information content (AvgIpc) is 3.63. The van der Waals surface area contributed by atoms with Gasteiger partial charge in [-0.15, -0.1) is 11.8 Å². The number of amides is 2. The molecule has 0 aliphatic carbocycles. The van der Waals surface area contributed by atoms with Crippen LogP contribution in [0.2, 0.25) is 0 Å². The molecule has 0 spiro atoms. The van der Waals surface area contributed by atoms with Gasteiger partial charge in [0.1, 0.15) is 11.1 Å². The van der Waals surface area contributed by atoms with Gasteiger partial charge in [-0.3, -0.25) is 9.59 Å². The van der Waals surface area contributed by atoms with Crippen LogP contribution in [0.3, 0.4) is 0 Å². The summed E-state index contributed by atoms with van der Waals surface area (Å²) in [6.45, 7) is 1.62. The van der Waals surface area contributed by atoms with Gasteiger partial charge in [0.2, 0.25) is 15.9 Å². The first-order valence-electron chi connectivity index (χ1n) is 12.9. The number of thioether (sulfide) groups is 1. The highest BCUT2D eigenvalue weighted by Crippen LogP contribution is 2.39. The largest absolute Gasteiger partial charge is 0.495 e. The van der Waals surface area contributed by atoms with E-state index in [1.54, 1.807) is 30.0 Å². The molecular weight excluding hydrogens is 534 g/mol. The second kappa shape index (κ2) is 11.8. The van der Waals surface area contributed by atoms with Crippen LogP contribution < -0.4 is 10.1 Å². The molecule has 3 aromatic rings. The predicted octanol–water partition coefficient (Wildman–Crippen LogP) is 4.55. The molecule has 2 heterocycles. The maximum absolute atomic E-state index is 13.1. The van der Waals surface area contributed by atoms with E-state index in [0.717, 1.165) is 24.8 Å². The Morgan fingerprint density at radius 2 is 1.74 bits per heavy atom. The van der Waals surface area contributed by atoms with E-state index in [1.807, 2.05) is 35.2 Å². The third-order valence-electron chi connectivity index (χ3n) is 7.03. The van der Waals surface area contributed by atoms with Crippen molar-refractivity contribution >= 4 is 39.3 Å². The molecule has 2 aliphatic heterocycles. The molecule has 0 radical (unpaired) electrons. The zero-order valence-corrected chi connectivity index (χ0v) is 23.3. The predicted molar refractivity (Wildman–Crippen MR) is 152 cm³/mol. The van der Waals surface area contributed by atoms with Crippen LogP contribution in [0.15, 0.2) is 77.7 Å². The van der Waals surface area contributed by atoms with Gasteiger partial charge in [-0.2, -0.15) is 4.31 Å². The van der Waals surface area contributed by atoms with E-state index in [4.69, 9.17) is 4.74 Å². The summed E-state index contributed by atoms with van der Waals surface area (Å²) in [4.78, 5) is 27.7.